The van der Waals surface area contributed by atoms with Gasteiger partial charge in [-0.05, 0) is 89.0 Å². The van der Waals surface area contributed by atoms with Crippen molar-refractivity contribution in [3.8, 4) is 6.07 Å². The molecule has 0 N–H and O–H groups in total. The summed E-state index contributed by atoms with van der Waals surface area (Å²) in [7, 11) is 1.87. The number of anilines is 1. The van der Waals surface area contributed by atoms with E-state index in [0.717, 1.165) is 63.4 Å². The fourth-order valence-corrected chi connectivity index (χ4v) is 5.59. The second-order valence-corrected chi connectivity index (χ2v) is 12.2. The molecule has 40 heavy (non-hydrogen) atoms. The lowest BCUT2D eigenvalue weighted by molar-refractivity contribution is -0.123. The number of hydrogen-bond donors (Lipinski definition) is 0. The summed E-state index contributed by atoms with van der Waals surface area (Å²) < 4.78 is 5.56. The lowest BCUT2D eigenvalue weighted by atomic mass is 9.94. The summed E-state index contributed by atoms with van der Waals surface area (Å²) >= 11 is 0. The summed E-state index contributed by atoms with van der Waals surface area (Å²) in [6.45, 7) is 13.3. The van der Waals surface area contributed by atoms with Gasteiger partial charge >= 0.3 is 6.09 Å². The van der Waals surface area contributed by atoms with E-state index in [9.17, 15) is 9.59 Å². The van der Waals surface area contributed by atoms with Crippen molar-refractivity contribution in [1.29, 1.82) is 5.26 Å². The third kappa shape index (κ3) is 7.83. The molecule has 0 bridgehead atoms. The van der Waals surface area contributed by atoms with Crippen LogP contribution in [0.3, 0.4) is 0 Å². The van der Waals surface area contributed by atoms with Crippen LogP contribution in [0.5, 0.6) is 0 Å². The molecule has 0 saturated carbocycles. The van der Waals surface area contributed by atoms with Crippen molar-refractivity contribution < 1.29 is 14.3 Å². The van der Waals surface area contributed by atoms with Gasteiger partial charge in [0.15, 0.2) is 0 Å². The molecule has 4 rings (SSSR count). The van der Waals surface area contributed by atoms with E-state index in [0.29, 0.717) is 12.1 Å². The Morgan fingerprint density at radius 2 is 1.65 bits per heavy atom. The van der Waals surface area contributed by atoms with Crippen molar-refractivity contribution in [2.45, 2.75) is 65.3 Å². The highest BCUT2D eigenvalue weighted by atomic mass is 16.6. The Morgan fingerprint density at radius 1 is 0.975 bits per heavy atom. The van der Waals surface area contributed by atoms with Crippen LogP contribution in [0.2, 0.25) is 0 Å². The second kappa shape index (κ2) is 12.8. The highest BCUT2D eigenvalue weighted by Gasteiger charge is 2.31. The Hall–Kier alpha value is -3.41. The smallest absolute Gasteiger partial charge is 0.410 e. The molecule has 0 unspecified atom stereocenters. The molecular weight excluding hydrogens is 502 g/mol. The zero-order valence-electron chi connectivity index (χ0n) is 24.6. The van der Waals surface area contributed by atoms with E-state index >= 15 is 0 Å². The standard InChI is InChI=1S/C32H43N5O3/c1-24-21-36(17-18-37(24)31(39)40-32(2,3)4)22-25-9-11-29(12-10-25)34(5)30(38)28-13-15-35(16-14-28)23-27-8-6-7-26(19-27)20-33/h6-12,19,24,28H,13-18,21-23H2,1-5H3/t24-/m0/s1. The van der Waals surface area contributed by atoms with Gasteiger partial charge in [-0.3, -0.25) is 14.6 Å². The number of carbonyl (C=O) groups is 2. The summed E-state index contributed by atoms with van der Waals surface area (Å²) in [5.41, 5.74) is 3.43. The van der Waals surface area contributed by atoms with E-state index < -0.39 is 5.60 Å². The molecule has 2 saturated heterocycles. The minimum absolute atomic E-state index is 0.0223. The Labute approximate surface area is 239 Å². The summed E-state index contributed by atoms with van der Waals surface area (Å²) in [6.07, 6.45) is 1.44. The fourth-order valence-electron chi connectivity index (χ4n) is 5.59. The largest absolute Gasteiger partial charge is 0.444 e. The van der Waals surface area contributed by atoms with E-state index in [4.69, 9.17) is 10.00 Å². The van der Waals surface area contributed by atoms with E-state index in [1.165, 1.54) is 5.56 Å². The van der Waals surface area contributed by atoms with Crippen molar-refractivity contribution in [2.24, 2.45) is 5.92 Å². The van der Waals surface area contributed by atoms with Crippen LogP contribution in [-0.4, -0.2) is 78.1 Å². The molecule has 2 aromatic rings. The lowest BCUT2D eigenvalue weighted by Crippen LogP contribution is -2.54. The number of piperidine rings is 1. The summed E-state index contributed by atoms with van der Waals surface area (Å²) in [5.74, 6) is 0.195. The number of nitriles is 1. The number of hydrogen-bond acceptors (Lipinski definition) is 6. The van der Waals surface area contributed by atoms with Crippen LogP contribution in [0.25, 0.3) is 0 Å². The molecule has 0 radical (unpaired) electrons. The van der Waals surface area contributed by atoms with Crippen LogP contribution < -0.4 is 4.90 Å². The first kappa shape index (κ1) is 29.6. The molecule has 214 valence electrons. The highest BCUT2D eigenvalue weighted by molar-refractivity contribution is 5.94. The van der Waals surface area contributed by atoms with Crippen LogP contribution in [0.15, 0.2) is 48.5 Å². The predicted molar refractivity (Wildman–Crippen MR) is 157 cm³/mol. The number of benzene rings is 2. The number of nitrogens with zero attached hydrogens (tertiary/aromatic N) is 5. The zero-order valence-corrected chi connectivity index (χ0v) is 24.6. The van der Waals surface area contributed by atoms with Crippen LogP contribution in [-0.2, 0) is 22.6 Å². The molecule has 2 aromatic carbocycles. The maximum atomic E-state index is 13.3. The van der Waals surface area contributed by atoms with Gasteiger partial charge in [-0.2, -0.15) is 5.26 Å². The molecule has 2 aliphatic heterocycles. The van der Waals surface area contributed by atoms with Gasteiger partial charge in [0.2, 0.25) is 5.91 Å². The molecule has 0 aromatic heterocycles. The van der Waals surface area contributed by atoms with Gasteiger partial charge in [-0.25, -0.2) is 4.79 Å². The normalized spacial score (nSPS) is 19.2. The zero-order chi connectivity index (χ0) is 28.9. The maximum Gasteiger partial charge on any atom is 0.410 e. The molecule has 0 aliphatic carbocycles. The minimum atomic E-state index is -0.492. The first-order chi connectivity index (χ1) is 19.0. The van der Waals surface area contributed by atoms with Crippen molar-refractivity contribution in [3.05, 3.63) is 65.2 Å². The highest BCUT2D eigenvalue weighted by Crippen LogP contribution is 2.25. The monoisotopic (exact) mass is 545 g/mol. The van der Waals surface area contributed by atoms with Gasteiger partial charge in [-0.15, -0.1) is 0 Å². The number of ether oxygens (including phenoxy) is 1. The fraction of sp³-hybridized carbons (Fsp3) is 0.531. The summed E-state index contributed by atoms with van der Waals surface area (Å²) in [6, 6.07) is 18.3. The number of amides is 2. The first-order valence-corrected chi connectivity index (χ1v) is 14.3. The van der Waals surface area contributed by atoms with E-state index in [1.54, 1.807) is 4.90 Å². The van der Waals surface area contributed by atoms with E-state index in [-0.39, 0.29) is 24.0 Å². The van der Waals surface area contributed by atoms with Gasteiger partial charge < -0.3 is 14.5 Å². The molecule has 0 spiro atoms. The molecular formula is C32H43N5O3. The van der Waals surface area contributed by atoms with Crippen LogP contribution in [0.1, 0.15) is 57.2 Å². The summed E-state index contributed by atoms with van der Waals surface area (Å²) in [4.78, 5) is 34.1. The summed E-state index contributed by atoms with van der Waals surface area (Å²) in [5, 5.41) is 9.14. The molecule has 2 heterocycles. The Bertz CT molecular complexity index is 1210. The SMILES string of the molecule is C[C@H]1CN(Cc2ccc(N(C)C(=O)C3CCN(Cc4cccc(C#N)c4)CC3)cc2)CCN1C(=O)OC(C)(C)C. The molecule has 2 aliphatic rings. The molecule has 2 fully saturated rings. The van der Waals surface area contributed by atoms with Crippen LogP contribution >= 0.6 is 0 Å². The Morgan fingerprint density at radius 3 is 2.27 bits per heavy atom. The first-order valence-electron chi connectivity index (χ1n) is 14.3. The maximum absolute atomic E-state index is 13.3. The van der Waals surface area contributed by atoms with Gasteiger partial charge in [-0.1, -0.05) is 24.3 Å². The minimum Gasteiger partial charge on any atom is -0.444 e. The number of rotatable bonds is 6. The molecule has 1 atom stereocenters. The third-order valence-corrected chi connectivity index (χ3v) is 7.80. The van der Waals surface area contributed by atoms with Gasteiger partial charge in [0.1, 0.15) is 5.60 Å². The lowest BCUT2D eigenvalue weighted by Gasteiger charge is -2.40. The van der Waals surface area contributed by atoms with Crippen molar-refractivity contribution in [3.63, 3.8) is 0 Å². The number of piperazine rings is 1. The average Bonchev–Trinajstić information content (AvgIpc) is 2.92. The quantitative estimate of drug-likeness (QED) is 0.515. The molecule has 2 amide bonds. The second-order valence-electron chi connectivity index (χ2n) is 12.2. The topological polar surface area (TPSA) is 80.1 Å². The van der Waals surface area contributed by atoms with E-state index in [2.05, 4.69) is 41.0 Å². The van der Waals surface area contributed by atoms with Gasteiger partial charge in [0.25, 0.3) is 0 Å². The van der Waals surface area contributed by atoms with Crippen LogP contribution in [0, 0.1) is 17.2 Å². The van der Waals surface area contributed by atoms with Crippen molar-refractivity contribution in [2.75, 3.05) is 44.7 Å². The predicted octanol–water partition coefficient (Wildman–Crippen LogP) is 4.87. The third-order valence-electron chi connectivity index (χ3n) is 7.80. The molecule has 8 nitrogen and oxygen atoms in total. The molecule has 8 heteroatoms. The Kier molecular flexibility index (Phi) is 9.49. The van der Waals surface area contributed by atoms with Crippen molar-refractivity contribution in [1.82, 2.24) is 14.7 Å². The van der Waals surface area contributed by atoms with E-state index in [1.807, 2.05) is 63.1 Å². The number of carbonyl (C=O) groups excluding carboxylic acids is 2. The van der Waals surface area contributed by atoms with Gasteiger partial charge in [0, 0.05) is 57.4 Å². The van der Waals surface area contributed by atoms with Crippen LogP contribution in [0.4, 0.5) is 10.5 Å². The number of likely N-dealkylation sites (tertiary alicyclic amines) is 1. The Balaban J connectivity index is 1.24. The van der Waals surface area contributed by atoms with Gasteiger partial charge in [0.05, 0.1) is 11.6 Å². The average molecular weight is 546 g/mol. The van der Waals surface area contributed by atoms with Crippen molar-refractivity contribution >= 4 is 17.7 Å².